The zero-order valence-corrected chi connectivity index (χ0v) is 13.8. The fraction of sp³-hybridized carbons (Fsp3) is 0.353. The number of carbonyl (C=O) groups excluding carboxylic acids is 2. The van der Waals surface area contributed by atoms with Crippen LogP contribution >= 0.6 is 11.3 Å². The standard InChI is InChI=1S/C17H19N3O2S/c1-2-10-3-4-12-13(9-10)23-17(14(12)15(18)21)20-16(22)11-5-7-19-8-6-11/h5-8,10H,2-4,9H2,1H3,(H2,18,21)(H,20,22)/t10-/m1/s1. The van der Waals surface area contributed by atoms with E-state index in [1.54, 1.807) is 24.5 Å². The predicted octanol–water partition coefficient (Wildman–Crippen LogP) is 3.01. The zero-order chi connectivity index (χ0) is 16.4. The zero-order valence-electron chi connectivity index (χ0n) is 13.0. The van der Waals surface area contributed by atoms with Gasteiger partial charge >= 0.3 is 0 Å². The fourth-order valence-corrected chi connectivity index (χ4v) is 4.39. The summed E-state index contributed by atoms with van der Waals surface area (Å²) >= 11 is 1.48. The van der Waals surface area contributed by atoms with Gasteiger partial charge in [0.15, 0.2) is 0 Å². The van der Waals surface area contributed by atoms with Gasteiger partial charge in [-0.15, -0.1) is 11.3 Å². The molecule has 1 atom stereocenters. The van der Waals surface area contributed by atoms with Gasteiger partial charge < -0.3 is 11.1 Å². The molecule has 23 heavy (non-hydrogen) atoms. The lowest BCUT2D eigenvalue weighted by Gasteiger charge is -2.20. The summed E-state index contributed by atoms with van der Waals surface area (Å²) in [6, 6.07) is 3.28. The quantitative estimate of drug-likeness (QED) is 0.904. The summed E-state index contributed by atoms with van der Waals surface area (Å²) in [5.74, 6) is -0.0753. The van der Waals surface area contributed by atoms with E-state index in [-0.39, 0.29) is 5.91 Å². The maximum atomic E-state index is 12.3. The van der Waals surface area contributed by atoms with E-state index in [0.29, 0.717) is 22.0 Å². The van der Waals surface area contributed by atoms with Crippen LogP contribution in [0.2, 0.25) is 0 Å². The number of pyridine rings is 1. The first-order chi connectivity index (χ1) is 11.1. The van der Waals surface area contributed by atoms with Crippen molar-refractivity contribution < 1.29 is 9.59 Å². The van der Waals surface area contributed by atoms with Crippen molar-refractivity contribution in [2.75, 3.05) is 5.32 Å². The van der Waals surface area contributed by atoms with Crippen LogP contribution in [0.25, 0.3) is 0 Å². The molecular formula is C17H19N3O2S. The summed E-state index contributed by atoms with van der Waals surface area (Å²) in [5.41, 5.74) is 7.59. The van der Waals surface area contributed by atoms with Crippen LogP contribution in [0.3, 0.4) is 0 Å². The molecule has 2 amide bonds. The Morgan fingerprint density at radius 1 is 1.39 bits per heavy atom. The highest BCUT2D eigenvalue weighted by molar-refractivity contribution is 7.17. The van der Waals surface area contributed by atoms with Crippen LogP contribution in [0.5, 0.6) is 0 Å². The summed E-state index contributed by atoms with van der Waals surface area (Å²) in [6.45, 7) is 2.18. The van der Waals surface area contributed by atoms with Crippen molar-refractivity contribution >= 4 is 28.2 Å². The largest absolute Gasteiger partial charge is 0.365 e. The van der Waals surface area contributed by atoms with E-state index in [1.807, 2.05) is 0 Å². The average molecular weight is 329 g/mol. The molecule has 0 saturated carbocycles. The minimum absolute atomic E-state index is 0.250. The lowest BCUT2D eigenvalue weighted by atomic mass is 9.85. The van der Waals surface area contributed by atoms with Crippen molar-refractivity contribution in [3.8, 4) is 0 Å². The Kier molecular flexibility index (Phi) is 4.43. The second kappa shape index (κ2) is 6.50. The first kappa shape index (κ1) is 15.7. The van der Waals surface area contributed by atoms with Crippen molar-refractivity contribution in [3.05, 3.63) is 46.1 Å². The Labute approximate surface area is 138 Å². The molecule has 0 saturated heterocycles. The number of amides is 2. The number of fused-ring (bicyclic) bond motifs is 1. The second-order valence-corrected chi connectivity index (χ2v) is 6.88. The van der Waals surface area contributed by atoms with E-state index in [9.17, 15) is 9.59 Å². The van der Waals surface area contributed by atoms with Crippen LogP contribution in [0, 0.1) is 5.92 Å². The molecule has 120 valence electrons. The smallest absolute Gasteiger partial charge is 0.256 e. The number of rotatable bonds is 4. The molecule has 1 aliphatic rings. The Balaban J connectivity index is 1.92. The Bertz CT molecular complexity index is 740. The number of hydrogen-bond donors (Lipinski definition) is 2. The Morgan fingerprint density at radius 2 is 2.13 bits per heavy atom. The molecule has 2 aromatic heterocycles. The minimum atomic E-state index is -0.470. The van der Waals surface area contributed by atoms with E-state index < -0.39 is 5.91 Å². The van der Waals surface area contributed by atoms with Crippen LogP contribution < -0.4 is 11.1 Å². The van der Waals surface area contributed by atoms with Crippen LogP contribution in [0.15, 0.2) is 24.5 Å². The first-order valence-corrected chi connectivity index (χ1v) is 8.57. The van der Waals surface area contributed by atoms with E-state index in [2.05, 4.69) is 17.2 Å². The molecule has 0 fully saturated rings. The maximum absolute atomic E-state index is 12.3. The molecule has 2 heterocycles. The molecule has 0 radical (unpaired) electrons. The number of nitrogens with one attached hydrogen (secondary N) is 1. The molecule has 1 aliphatic carbocycles. The van der Waals surface area contributed by atoms with Crippen molar-refractivity contribution in [3.63, 3.8) is 0 Å². The summed E-state index contributed by atoms with van der Waals surface area (Å²) in [6.07, 6.45) is 7.14. The minimum Gasteiger partial charge on any atom is -0.365 e. The Hall–Kier alpha value is -2.21. The van der Waals surface area contributed by atoms with E-state index >= 15 is 0 Å². The molecule has 0 unspecified atom stereocenters. The first-order valence-electron chi connectivity index (χ1n) is 7.75. The monoisotopic (exact) mass is 329 g/mol. The molecule has 2 aromatic rings. The molecular weight excluding hydrogens is 310 g/mol. The molecule has 3 N–H and O–H groups in total. The number of aromatic nitrogens is 1. The van der Waals surface area contributed by atoms with Crippen molar-refractivity contribution in [1.82, 2.24) is 4.98 Å². The van der Waals surface area contributed by atoms with Gasteiger partial charge in [-0.2, -0.15) is 0 Å². The van der Waals surface area contributed by atoms with Gasteiger partial charge in [-0.1, -0.05) is 13.3 Å². The summed E-state index contributed by atoms with van der Waals surface area (Å²) in [4.78, 5) is 29.3. The van der Waals surface area contributed by atoms with Gasteiger partial charge in [-0.25, -0.2) is 0 Å². The van der Waals surface area contributed by atoms with Gasteiger partial charge in [0.2, 0.25) is 0 Å². The molecule has 0 spiro atoms. The van der Waals surface area contributed by atoms with Crippen molar-refractivity contribution in [2.45, 2.75) is 32.6 Å². The molecule has 0 aromatic carbocycles. The molecule has 5 nitrogen and oxygen atoms in total. The second-order valence-electron chi connectivity index (χ2n) is 5.78. The van der Waals surface area contributed by atoms with E-state index in [4.69, 9.17) is 5.73 Å². The maximum Gasteiger partial charge on any atom is 0.256 e. The van der Waals surface area contributed by atoms with Gasteiger partial charge in [0, 0.05) is 22.8 Å². The number of nitrogens with two attached hydrogens (primary N) is 1. The average Bonchev–Trinajstić information content (AvgIpc) is 2.92. The molecule has 0 aliphatic heterocycles. The third kappa shape index (κ3) is 3.12. The Morgan fingerprint density at radius 3 is 2.78 bits per heavy atom. The highest BCUT2D eigenvalue weighted by Crippen LogP contribution is 2.40. The van der Waals surface area contributed by atoms with Gasteiger partial charge in [0.05, 0.1) is 5.56 Å². The highest BCUT2D eigenvalue weighted by Gasteiger charge is 2.28. The molecule has 0 bridgehead atoms. The fourth-order valence-electron chi connectivity index (χ4n) is 3.03. The number of primary amides is 1. The van der Waals surface area contributed by atoms with Gasteiger partial charge in [0.1, 0.15) is 5.00 Å². The number of nitrogens with zero attached hydrogens (tertiary/aromatic N) is 1. The van der Waals surface area contributed by atoms with Crippen molar-refractivity contribution in [1.29, 1.82) is 0 Å². The van der Waals surface area contributed by atoms with Crippen LogP contribution in [-0.4, -0.2) is 16.8 Å². The van der Waals surface area contributed by atoms with Crippen LogP contribution in [0.1, 0.15) is 50.9 Å². The number of thiophene rings is 1. The third-order valence-corrected chi connectivity index (χ3v) is 5.53. The normalized spacial score (nSPS) is 16.7. The van der Waals surface area contributed by atoms with Gasteiger partial charge in [0.25, 0.3) is 11.8 Å². The van der Waals surface area contributed by atoms with Crippen molar-refractivity contribution in [2.24, 2.45) is 11.7 Å². The molecule has 6 heteroatoms. The lowest BCUT2D eigenvalue weighted by Crippen LogP contribution is -2.19. The van der Waals surface area contributed by atoms with Gasteiger partial charge in [-0.3, -0.25) is 14.6 Å². The van der Waals surface area contributed by atoms with E-state index in [0.717, 1.165) is 31.2 Å². The number of hydrogen-bond acceptors (Lipinski definition) is 4. The van der Waals surface area contributed by atoms with E-state index in [1.165, 1.54) is 16.2 Å². The number of anilines is 1. The number of carbonyl (C=O) groups is 2. The summed E-state index contributed by atoms with van der Waals surface area (Å²) in [5, 5.41) is 3.42. The molecule has 3 rings (SSSR count). The topological polar surface area (TPSA) is 85.1 Å². The van der Waals surface area contributed by atoms with Crippen LogP contribution in [0.4, 0.5) is 5.00 Å². The third-order valence-electron chi connectivity index (χ3n) is 4.36. The van der Waals surface area contributed by atoms with Crippen LogP contribution in [-0.2, 0) is 12.8 Å². The highest BCUT2D eigenvalue weighted by atomic mass is 32.1. The summed E-state index contributed by atoms with van der Waals surface area (Å²) in [7, 11) is 0. The van der Waals surface area contributed by atoms with Gasteiger partial charge in [-0.05, 0) is 42.9 Å². The predicted molar refractivity (Wildman–Crippen MR) is 90.8 cm³/mol. The summed E-state index contributed by atoms with van der Waals surface area (Å²) < 4.78 is 0. The SMILES string of the molecule is CC[C@@H]1CCc2c(sc(NC(=O)c3ccncc3)c2C(N)=O)C1. The lowest BCUT2D eigenvalue weighted by molar-refractivity contribution is 0.1000.